The zero-order valence-electron chi connectivity index (χ0n) is 11.3. The van der Waals surface area contributed by atoms with Crippen LogP contribution in [0.2, 0.25) is 0 Å². The smallest absolute Gasteiger partial charge is 0.322 e. The number of carbonyl (C=O) groups excluding carboxylic acids is 1. The summed E-state index contributed by atoms with van der Waals surface area (Å²) >= 11 is 0. The minimum absolute atomic E-state index is 0.213. The molecule has 0 fully saturated rings. The molecule has 1 aromatic rings. The first kappa shape index (κ1) is 15.0. The van der Waals surface area contributed by atoms with Crippen LogP contribution >= 0.6 is 0 Å². The van der Waals surface area contributed by atoms with Gasteiger partial charge in [-0.2, -0.15) is 0 Å². The normalized spacial score (nSPS) is 16.7. The molecule has 1 atom stereocenters. The van der Waals surface area contributed by atoms with Crippen LogP contribution in [-0.2, 0) is 16.1 Å². The van der Waals surface area contributed by atoms with Crippen LogP contribution in [-0.4, -0.2) is 51.1 Å². The number of imidazole rings is 1. The Morgan fingerprint density at radius 3 is 3.10 bits per heavy atom. The minimum Gasteiger partial charge on any atom is -0.480 e. The number of carboxylic acid groups (broad SMARTS) is 1. The van der Waals surface area contributed by atoms with E-state index >= 15 is 0 Å². The monoisotopic (exact) mass is 295 g/mol. The molecule has 1 aliphatic rings. The summed E-state index contributed by atoms with van der Waals surface area (Å²) in [7, 11) is 0. The highest BCUT2D eigenvalue weighted by molar-refractivity contribution is 5.80. The van der Waals surface area contributed by atoms with Gasteiger partial charge in [-0.15, -0.1) is 0 Å². The van der Waals surface area contributed by atoms with Gasteiger partial charge in [0, 0.05) is 19.5 Å². The molecule has 1 amide bonds. The number of fused-ring (bicyclic) bond motifs is 1. The average molecular weight is 295 g/mol. The number of aliphatic hydroxyl groups excluding tert-OH is 1. The van der Waals surface area contributed by atoms with E-state index in [1.165, 1.54) is 6.34 Å². The number of carbonyl (C=O) groups is 2. The Balaban J connectivity index is 1.87. The van der Waals surface area contributed by atoms with Gasteiger partial charge in [-0.1, -0.05) is 0 Å². The van der Waals surface area contributed by atoms with Gasteiger partial charge in [0.05, 0.1) is 12.7 Å². The molecule has 0 spiro atoms. The molecule has 4 N–H and O–H groups in total. The predicted molar refractivity (Wildman–Crippen MR) is 73.2 cm³/mol. The molecule has 1 aromatic heterocycles. The number of nitrogens with one attached hydrogen (secondary N) is 2. The van der Waals surface area contributed by atoms with Crippen molar-refractivity contribution >= 4 is 24.0 Å². The molecule has 0 bridgehead atoms. The van der Waals surface area contributed by atoms with Gasteiger partial charge in [0.25, 0.3) is 0 Å². The molecule has 2 rings (SSSR count). The first-order valence-electron chi connectivity index (χ1n) is 6.55. The Kier molecular flexibility index (Phi) is 4.88. The molecule has 2 heterocycles. The van der Waals surface area contributed by atoms with E-state index in [1.807, 2.05) is 0 Å². The molecule has 0 aliphatic carbocycles. The first-order valence-corrected chi connectivity index (χ1v) is 6.55. The van der Waals surface area contributed by atoms with Gasteiger partial charge in [0.15, 0.2) is 5.82 Å². The second-order valence-corrected chi connectivity index (χ2v) is 4.60. The van der Waals surface area contributed by atoms with Crippen LogP contribution in [0.4, 0.5) is 5.82 Å². The number of aryl methyl sites for hydroxylation is 1. The van der Waals surface area contributed by atoms with Gasteiger partial charge in [0.2, 0.25) is 5.91 Å². The summed E-state index contributed by atoms with van der Waals surface area (Å²) in [6.45, 7) is 0.486. The number of aliphatic hydroxyl groups is 1. The topological polar surface area (TPSA) is 129 Å². The number of rotatable bonds is 6. The van der Waals surface area contributed by atoms with Gasteiger partial charge in [0.1, 0.15) is 18.3 Å². The number of carboxylic acids is 1. The highest BCUT2D eigenvalue weighted by atomic mass is 16.4. The number of amides is 1. The van der Waals surface area contributed by atoms with E-state index < -0.39 is 12.1 Å². The van der Waals surface area contributed by atoms with E-state index in [-0.39, 0.29) is 18.9 Å². The molecule has 0 radical (unpaired) electrons. The van der Waals surface area contributed by atoms with Gasteiger partial charge < -0.3 is 25.4 Å². The summed E-state index contributed by atoms with van der Waals surface area (Å²) < 4.78 is 1.76. The fourth-order valence-corrected chi connectivity index (χ4v) is 1.97. The Morgan fingerprint density at radius 2 is 2.33 bits per heavy atom. The lowest BCUT2D eigenvalue weighted by Crippen LogP contribution is -2.29. The van der Waals surface area contributed by atoms with Crippen molar-refractivity contribution in [1.82, 2.24) is 20.2 Å². The molecule has 114 valence electrons. The SMILES string of the molecule is O=C(O)CNC(=O)CCCn1cnc2c1N=CNCC2O. The molecular weight excluding hydrogens is 278 g/mol. The molecule has 9 heteroatoms. The summed E-state index contributed by atoms with van der Waals surface area (Å²) in [6.07, 6.45) is 3.10. The number of aromatic nitrogens is 2. The van der Waals surface area contributed by atoms with Crippen LogP contribution in [0.25, 0.3) is 0 Å². The predicted octanol–water partition coefficient (Wildman–Crippen LogP) is -0.840. The van der Waals surface area contributed by atoms with Crippen molar-refractivity contribution in [3.05, 3.63) is 12.0 Å². The molecule has 1 aliphatic heterocycles. The Bertz CT molecular complexity index is 554. The van der Waals surface area contributed by atoms with Crippen molar-refractivity contribution in [1.29, 1.82) is 0 Å². The molecule has 0 aromatic carbocycles. The Labute approximate surface area is 120 Å². The first-order chi connectivity index (χ1) is 10.1. The third kappa shape index (κ3) is 4.02. The summed E-state index contributed by atoms with van der Waals surface area (Å²) in [4.78, 5) is 30.0. The van der Waals surface area contributed by atoms with Crippen LogP contribution in [0.1, 0.15) is 24.6 Å². The lowest BCUT2D eigenvalue weighted by Gasteiger charge is -2.07. The second-order valence-electron chi connectivity index (χ2n) is 4.60. The molecular formula is C12H17N5O4. The third-order valence-electron chi connectivity index (χ3n) is 2.98. The standard InChI is InChI=1S/C12H17N5O4/c18-8-4-13-6-15-12-11(8)16-7-17(12)3-1-2-9(19)14-5-10(20)21/h6-8,18H,1-5H2,(H,13,15)(H,14,19)(H,20,21). The Morgan fingerprint density at radius 1 is 1.52 bits per heavy atom. The van der Waals surface area contributed by atoms with Crippen molar-refractivity contribution in [3.8, 4) is 0 Å². The lowest BCUT2D eigenvalue weighted by molar-refractivity contribution is -0.137. The van der Waals surface area contributed by atoms with Gasteiger partial charge in [-0.05, 0) is 6.42 Å². The summed E-state index contributed by atoms with van der Waals surface area (Å²) in [5, 5.41) is 23.4. The van der Waals surface area contributed by atoms with E-state index in [9.17, 15) is 14.7 Å². The van der Waals surface area contributed by atoms with E-state index in [1.54, 1.807) is 10.9 Å². The van der Waals surface area contributed by atoms with Crippen molar-refractivity contribution in [3.63, 3.8) is 0 Å². The maximum absolute atomic E-state index is 11.4. The van der Waals surface area contributed by atoms with Gasteiger partial charge in [-0.25, -0.2) is 9.98 Å². The average Bonchev–Trinajstić information content (AvgIpc) is 2.75. The quantitative estimate of drug-likeness (QED) is 0.541. The number of aliphatic carboxylic acids is 1. The van der Waals surface area contributed by atoms with Crippen LogP contribution in [0.5, 0.6) is 0 Å². The van der Waals surface area contributed by atoms with Crippen molar-refractivity contribution in [2.45, 2.75) is 25.5 Å². The zero-order chi connectivity index (χ0) is 15.2. The van der Waals surface area contributed by atoms with E-state index in [4.69, 9.17) is 5.11 Å². The molecule has 1 unspecified atom stereocenters. The largest absolute Gasteiger partial charge is 0.480 e. The number of hydrogen-bond donors (Lipinski definition) is 4. The van der Waals surface area contributed by atoms with Crippen LogP contribution in [0.15, 0.2) is 11.3 Å². The summed E-state index contributed by atoms with van der Waals surface area (Å²) in [5.41, 5.74) is 0.506. The maximum atomic E-state index is 11.4. The summed E-state index contributed by atoms with van der Waals surface area (Å²) in [5.74, 6) is -0.814. The number of hydrogen-bond acceptors (Lipinski definition) is 6. The molecule has 0 saturated carbocycles. The molecule has 9 nitrogen and oxygen atoms in total. The maximum Gasteiger partial charge on any atom is 0.322 e. The number of nitrogens with zero attached hydrogens (tertiary/aromatic N) is 3. The van der Waals surface area contributed by atoms with Crippen LogP contribution in [0, 0.1) is 0 Å². The number of aliphatic imine (C=N–C) groups is 1. The van der Waals surface area contributed by atoms with Gasteiger partial charge in [-0.3, -0.25) is 9.59 Å². The highest BCUT2D eigenvalue weighted by Gasteiger charge is 2.19. The molecule has 21 heavy (non-hydrogen) atoms. The zero-order valence-corrected chi connectivity index (χ0v) is 11.3. The minimum atomic E-state index is -1.07. The fraction of sp³-hybridized carbons (Fsp3) is 0.500. The van der Waals surface area contributed by atoms with Crippen molar-refractivity contribution in [2.24, 2.45) is 4.99 Å². The van der Waals surface area contributed by atoms with Crippen molar-refractivity contribution < 1.29 is 19.8 Å². The lowest BCUT2D eigenvalue weighted by atomic mass is 10.2. The van der Waals surface area contributed by atoms with E-state index in [2.05, 4.69) is 20.6 Å². The van der Waals surface area contributed by atoms with E-state index in [0.717, 1.165) is 0 Å². The molecule has 0 saturated heterocycles. The third-order valence-corrected chi connectivity index (χ3v) is 2.98. The Hall–Kier alpha value is -2.42. The van der Waals surface area contributed by atoms with Crippen molar-refractivity contribution in [2.75, 3.05) is 13.1 Å². The number of β-amino-alcohol motifs (C(OH)–C–C–N with tert-alkyl or cyclic N) is 1. The van der Waals surface area contributed by atoms with E-state index in [0.29, 0.717) is 31.0 Å². The van der Waals surface area contributed by atoms with Crippen LogP contribution in [0.3, 0.4) is 0 Å². The summed E-state index contributed by atoms with van der Waals surface area (Å²) in [6, 6.07) is 0. The second kappa shape index (κ2) is 6.84. The fourth-order valence-electron chi connectivity index (χ4n) is 1.97. The van der Waals surface area contributed by atoms with Crippen LogP contribution < -0.4 is 10.6 Å². The highest BCUT2D eigenvalue weighted by Crippen LogP contribution is 2.25. The van der Waals surface area contributed by atoms with Gasteiger partial charge >= 0.3 is 5.97 Å².